The van der Waals surface area contributed by atoms with Crippen LogP contribution in [0.1, 0.15) is 45.1 Å². The molecule has 1 aromatic heterocycles. The maximum atomic E-state index is 12.2. The van der Waals surface area contributed by atoms with Crippen LogP contribution in [0.25, 0.3) is 0 Å². The summed E-state index contributed by atoms with van der Waals surface area (Å²) in [5.41, 5.74) is 0.850. The molecule has 0 unspecified atom stereocenters. The average Bonchev–Trinajstić information content (AvgIpc) is 3.20. The second-order valence-corrected chi connectivity index (χ2v) is 10.1. The first-order valence-corrected chi connectivity index (χ1v) is 11.5. The van der Waals surface area contributed by atoms with Crippen molar-refractivity contribution in [3.8, 4) is 0 Å². The SMILES string of the molecule is COCc1cc(Cl)c(Cc2ccc(C(=O)N(C)C)s2)cc1[C@]1(C)O[C@H](C)[C@@H](O)[C@H](O)[C@H]1O. The lowest BCUT2D eigenvalue weighted by Gasteiger charge is -2.47. The van der Waals surface area contributed by atoms with Gasteiger partial charge in [0.25, 0.3) is 5.91 Å². The third-order valence-corrected chi connectivity index (χ3v) is 7.32. The number of ether oxygens (including phenoxy) is 2. The molecule has 1 aromatic carbocycles. The first-order valence-electron chi connectivity index (χ1n) is 10.3. The fraction of sp³-hybridized carbons (Fsp3) is 0.522. The molecule has 7 nitrogen and oxygen atoms in total. The van der Waals surface area contributed by atoms with Gasteiger partial charge in [-0.3, -0.25) is 4.79 Å². The number of benzene rings is 1. The molecule has 3 rings (SSSR count). The zero-order chi connectivity index (χ0) is 23.8. The quantitative estimate of drug-likeness (QED) is 0.584. The summed E-state index contributed by atoms with van der Waals surface area (Å²) in [5, 5.41) is 31.9. The third kappa shape index (κ3) is 4.72. The maximum absolute atomic E-state index is 12.2. The van der Waals surface area contributed by atoms with Gasteiger partial charge >= 0.3 is 0 Å². The maximum Gasteiger partial charge on any atom is 0.263 e. The number of hydrogen-bond acceptors (Lipinski definition) is 7. The number of aliphatic hydroxyl groups is 3. The van der Waals surface area contributed by atoms with Gasteiger partial charge in [-0.2, -0.15) is 0 Å². The third-order valence-electron chi connectivity index (χ3n) is 5.90. The summed E-state index contributed by atoms with van der Waals surface area (Å²) in [7, 11) is 4.98. The lowest BCUT2D eigenvalue weighted by atomic mass is 9.79. The smallest absolute Gasteiger partial charge is 0.263 e. The van der Waals surface area contributed by atoms with Gasteiger partial charge in [-0.05, 0) is 48.7 Å². The predicted molar refractivity (Wildman–Crippen MR) is 123 cm³/mol. The van der Waals surface area contributed by atoms with Gasteiger partial charge in [0, 0.05) is 37.5 Å². The van der Waals surface area contributed by atoms with E-state index in [2.05, 4.69) is 0 Å². The molecule has 0 radical (unpaired) electrons. The molecule has 1 amide bonds. The molecule has 9 heteroatoms. The Balaban J connectivity index is 2.02. The van der Waals surface area contributed by atoms with Crippen LogP contribution in [0.3, 0.4) is 0 Å². The number of aliphatic hydroxyl groups excluding tert-OH is 3. The number of amides is 1. The number of hydrogen-bond donors (Lipinski definition) is 3. The Hall–Kier alpha value is -1.52. The van der Waals surface area contributed by atoms with Crippen LogP contribution in [0, 0.1) is 0 Å². The second kappa shape index (κ2) is 9.77. The fourth-order valence-corrected chi connectivity index (χ4v) is 5.37. The topological polar surface area (TPSA) is 99.5 Å². The fourth-order valence-electron chi connectivity index (χ4n) is 4.07. The molecule has 0 saturated carbocycles. The van der Waals surface area contributed by atoms with Gasteiger partial charge in [0.15, 0.2) is 0 Å². The van der Waals surface area contributed by atoms with Crippen molar-refractivity contribution in [2.24, 2.45) is 0 Å². The summed E-state index contributed by atoms with van der Waals surface area (Å²) in [4.78, 5) is 15.4. The van der Waals surface area contributed by atoms with Crippen molar-refractivity contribution in [1.29, 1.82) is 0 Å². The zero-order valence-electron chi connectivity index (χ0n) is 18.8. The van der Waals surface area contributed by atoms with E-state index in [1.807, 2.05) is 12.1 Å². The van der Waals surface area contributed by atoms with Crippen LogP contribution < -0.4 is 0 Å². The van der Waals surface area contributed by atoms with Crippen molar-refractivity contribution < 1.29 is 29.6 Å². The minimum absolute atomic E-state index is 0.0590. The molecule has 3 N–H and O–H groups in total. The highest BCUT2D eigenvalue weighted by Gasteiger charge is 2.51. The predicted octanol–water partition coefficient (Wildman–Crippen LogP) is 2.56. The Morgan fingerprint density at radius 1 is 1.22 bits per heavy atom. The van der Waals surface area contributed by atoms with Crippen molar-refractivity contribution in [1.82, 2.24) is 4.90 Å². The number of rotatable bonds is 6. The Kier molecular flexibility index (Phi) is 7.66. The van der Waals surface area contributed by atoms with E-state index in [4.69, 9.17) is 21.1 Å². The molecule has 176 valence electrons. The van der Waals surface area contributed by atoms with Gasteiger partial charge in [-0.1, -0.05) is 17.7 Å². The van der Waals surface area contributed by atoms with Crippen molar-refractivity contribution in [3.05, 3.63) is 55.7 Å². The number of halogens is 1. The molecule has 1 fully saturated rings. The Bertz CT molecular complexity index is 979. The van der Waals surface area contributed by atoms with Crippen molar-refractivity contribution in [3.63, 3.8) is 0 Å². The molecule has 0 spiro atoms. The van der Waals surface area contributed by atoms with Gasteiger partial charge < -0.3 is 29.7 Å². The molecular weight excluding hydrogens is 454 g/mol. The summed E-state index contributed by atoms with van der Waals surface area (Å²) in [6.07, 6.45) is -4.13. The zero-order valence-corrected chi connectivity index (χ0v) is 20.4. The standard InChI is InChI=1S/C23H30ClNO6S/c1-12-19(26)20(27)21(28)23(2,31-12)16-9-13(17(24)10-14(16)11-30-5)8-15-6-7-18(32-15)22(29)25(3)4/h6-7,9-10,12,19-21,26-28H,8,11H2,1-5H3/t12-,19-,20+,21-,23+/m1/s1. The average molecular weight is 484 g/mol. The van der Waals surface area contributed by atoms with Crippen molar-refractivity contribution in [2.45, 2.75) is 56.9 Å². The van der Waals surface area contributed by atoms with E-state index in [-0.39, 0.29) is 12.5 Å². The van der Waals surface area contributed by atoms with Gasteiger partial charge in [0.1, 0.15) is 23.9 Å². The molecule has 5 atom stereocenters. The van der Waals surface area contributed by atoms with Gasteiger partial charge in [-0.15, -0.1) is 11.3 Å². The van der Waals surface area contributed by atoms with Gasteiger partial charge in [-0.25, -0.2) is 0 Å². The van der Waals surface area contributed by atoms with Crippen LogP contribution in [0.15, 0.2) is 24.3 Å². The summed E-state index contributed by atoms with van der Waals surface area (Å²) in [6, 6.07) is 7.32. The van der Waals surface area contributed by atoms with Crippen LogP contribution in [-0.2, 0) is 28.1 Å². The summed E-state index contributed by atoms with van der Waals surface area (Å²) < 4.78 is 11.4. The van der Waals surface area contributed by atoms with Gasteiger partial charge in [0.05, 0.1) is 17.6 Å². The number of carbonyl (C=O) groups excluding carboxylic acids is 1. The monoisotopic (exact) mass is 483 g/mol. The molecule has 1 aliphatic rings. The largest absolute Gasteiger partial charge is 0.388 e. The van der Waals surface area contributed by atoms with Crippen molar-refractivity contribution >= 4 is 28.8 Å². The van der Waals surface area contributed by atoms with Crippen LogP contribution >= 0.6 is 22.9 Å². The molecule has 32 heavy (non-hydrogen) atoms. The molecular formula is C23H30ClNO6S. The molecule has 2 heterocycles. The minimum Gasteiger partial charge on any atom is -0.388 e. The molecule has 0 bridgehead atoms. The van der Waals surface area contributed by atoms with Crippen molar-refractivity contribution in [2.75, 3.05) is 21.2 Å². The first-order chi connectivity index (χ1) is 15.0. The van der Waals surface area contributed by atoms with Gasteiger partial charge in [0.2, 0.25) is 0 Å². The van der Waals surface area contributed by atoms with E-state index in [0.717, 1.165) is 10.4 Å². The van der Waals surface area contributed by atoms with Crippen LogP contribution in [-0.4, -0.2) is 71.7 Å². The molecule has 0 aliphatic carbocycles. The normalized spacial score (nSPS) is 28.0. The van der Waals surface area contributed by atoms with E-state index < -0.39 is 30.0 Å². The lowest BCUT2D eigenvalue weighted by Crippen LogP contribution is -2.61. The Morgan fingerprint density at radius 3 is 2.53 bits per heavy atom. The number of thiophene rings is 1. The molecule has 2 aromatic rings. The summed E-state index contributed by atoms with van der Waals surface area (Å²) in [6.45, 7) is 3.57. The van der Waals surface area contributed by atoms with E-state index in [0.29, 0.717) is 27.4 Å². The number of carbonyl (C=O) groups is 1. The lowest BCUT2D eigenvalue weighted by molar-refractivity contribution is -0.263. The first kappa shape index (κ1) is 25.1. The van der Waals surface area contributed by atoms with E-state index in [9.17, 15) is 20.1 Å². The highest BCUT2D eigenvalue weighted by molar-refractivity contribution is 7.14. The Morgan fingerprint density at radius 2 is 1.91 bits per heavy atom. The van der Waals surface area contributed by atoms with E-state index >= 15 is 0 Å². The highest BCUT2D eigenvalue weighted by Crippen LogP contribution is 2.41. The Labute approximate surface area is 197 Å². The van der Waals surface area contributed by atoms with E-state index in [1.54, 1.807) is 47.2 Å². The van der Waals surface area contributed by atoms with Crippen LogP contribution in [0.5, 0.6) is 0 Å². The van der Waals surface area contributed by atoms with E-state index in [1.165, 1.54) is 16.2 Å². The summed E-state index contributed by atoms with van der Waals surface area (Å²) in [5.74, 6) is -0.0590. The summed E-state index contributed by atoms with van der Waals surface area (Å²) >= 11 is 7.99. The number of nitrogens with zero attached hydrogens (tertiary/aromatic N) is 1. The van der Waals surface area contributed by atoms with Crippen LogP contribution in [0.4, 0.5) is 0 Å². The highest BCUT2D eigenvalue weighted by atomic mass is 35.5. The minimum atomic E-state index is -1.37. The second-order valence-electron chi connectivity index (χ2n) is 8.53. The number of methoxy groups -OCH3 is 1. The molecule has 1 aliphatic heterocycles. The van der Waals surface area contributed by atoms with Crippen LogP contribution in [0.2, 0.25) is 5.02 Å². The molecule has 1 saturated heterocycles.